The summed E-state index contributed by atoms with van der Waals surface area (Å²) in [5.41, 5.74) is 3.85. The van der Waals surface area contributed by atoms with E-state index in [9.17, 15) is 13.2 Å². The zero-order valence-corrected chi connectivity index (χ0v) is 15.5. The molecule has 0 amide bonds. The van der Waals surface area contributed by atoms with Crippen molar-refractivity contribution in [1.82, 2.24) is 5.32 Å². The molecule has 0 radical (unpaired) electrons. The van der Waals surface area contributed by atoms with Crippen LogP contribution >= 0.6 is 0 Å². The van der Waals surface area contributed by atoms with Crippen molar-refractivity contribution in [2.45, 2.75) is 45.8 Å². The Bertz CT molecular complexity index is 747. The SMILES string of the molecule is C/C=C\c1c(C)cccc1C(C)NCCCc1cccc(C(F)(F)F)c1. The van der Waals surface area contributed by atoms with Crippen molar-refractivity contribution < 1.29 is 13.2 Å². The number of rotatable bonds is 7. The molecule has 26 heavy (non-hydrogen) atoms. The Morgan fingerprint density at radius 1 is 1.12 bits per heavy atom. The Balaban J connectivity index is 1.92. The maximum absolute atomic E-state index is 12.8. The van der Waals surface area contributed by atoms with Crippen LogP contribution in [0.4, 0.5) is 13.2 Å². The second-order valence-electron chi connectivity index (χ2n) is 6.56. The third-order valence-electron chi connectivity index (χ3n) is 4.50. The summed E-state index contributed by atoms with van der Waals surface area (Å²) < 4.78 is 38.3. The van der Waals surface area contributed by atoms with Crippen LogP contribution in [0.15, 0.2) is 48.5 Å². The van der Waals surface area contributed by atoms with E-state index < -0.39 is 11.7 Å². The molecule has 0 saturated heterocycles. The van der Waals surface area contributed by atoms with Gasteiger partial charge in [-0.05, 0) is 68.5 Å². The third kappa shape index (κ3) is 5.46. The maximum Gasteiger partial charge on any atom is 0.416 e. The van der Waals surface area contributed by atoms with Crippen molar-refractivity contribution in [3.05, 3.63) is 76.4 Å². The number of benzene rings is 2. The zero-order chi connectivity index (χ0) is 19.2. The molecule has 140 valence electrons. The molecular weight excluding hydrogens is 335 g/mol. The molecule has 0 aliphatic carbocycles. The summed E-state index contributed by atoms with van der Waals surface area (Å²) in [5.74, 6) is 0. The van der Waals surface area contributed by atoms with E-state index in [1.807, 2.05) is 13.0 Å². The largest absolute Gasteiger partial charge is 0.416 e. The molecule has 0 aromatic heterocycles. The van der Waals surface area contributed by atoms with Crippen LogP contribution in [0.3, 0.4) is 0 Å². The first-order valence-corrected chi connectivity index (χ1v) is 8.94. The Labute approximate surface area is 153 Å². The fraction of sp³-hybridized carbons (Fsp3) is 0.364. The molecule has 0 aliphatic heterocycles. The Hall–Kier alpha value is -2.07. The first-order chi connectivity index (χ1) is 12.3. The first-order valence-electron chi connectivity index (χ1n) is 8.94. The molecule has 2 aromatic carbocycles. The fourth-order valence-electron chi connectivity index (χ4n) is 3.10. The summed E-state index contributed by atoms with van der Waals surface area (Å²) in [6.45, 7) is 6.97. The van der Waals surface area contributed by atoms with Crippen LogP contribution < -0.4 is 5.32 Å². The van der Waals surface area contributed by atoms with Crippen LogP contribution in [0.1, 0.15) is 54.1 Å². The zero-order valence-electron chi connectivity index (χ0n) is 15.5. The van der Waals surface area contributed by atoms with Gasteiger partial charge in [-0.1, -0.05) is 48.6 Å². The molecule has 0 fully saturated rings. The van der Waals surface area contributed by atoms with Crippen LogP contribution in [0.2, 0.25) is 0 Å². The highest BCUT2D eigenvalue weighted by atomic mass is 19.4. The lowest BCUT2D eigenvalue weighted by Gasteiger charge is -2.18. The summed E-state index contributed by atoms with van der Waals surface area (Å²) in [6.07, 6.45) is 1.28. The monoisotopic (exact) mass is 361 g/mol. The average Bonchev–Trinajstić information content (AvgIpc) is 2.60. The van der Waals surface area contributed by atoms with E-state index in [1.54, 1.807) is 6.07 Å². The van der Waals surface area contributed by atoms with Gasteiger partial charge < -0.3 is 5.32 Å². The summed E-state index contributed by atoms with van der Waals surface area (Å²) in [6, 6.07) is 12.0. The van der Waals surface area contributed by atoms with Gasteiger partial charge in [0.1, 0.15) is 0 Å². The van der Waals surface area contributed by atoms with Crippen LogP contribution in [-0.4, -0.2) is 6.54 Å². The molecule has 2 aromatic rings. The summed E-state index contributed by atoms with van der Waals surface area (Å²) in [7, 11) is 0. The van der Waals surface area contributed by atoms with E-state index in [4.69, 9.17) is 0 Å². The van der Waals surface area contributed by atoms with E-state index in [0.717, 1.165) is 24.6 Å². The van der Waals surface area contributed by atoms with Gasteiger partial charge in [0.15, 0.2) is 0 Å². The molecule has 0 spiro atoms. The number of nitrogens with one attached hydrogen (secondary N) is 1. The van der Waals surface area contributed by atoms with Crippen LogP contribution in [-0.2, 0) is 12.6 Å². The van der Waals surface area contributed by atoms with Crippen molar-refractivity contribution in [2.24, 2.45) is 0 Å². The lowest BCUT2D eigenvalue weighted by atomic mass is 9.96. The first kappa shape index (κ1) is 20.2. The number of hydrogen-bond donors (Lipinski definition) is 1. The molecule has 0 aliphatic rings. The topological polar surface area (TPSA) is 12.0 Å². The second-order valence-corrected chi connectivity index (χ2v) is 6.56. The predicted octanol–water partition coefficient (Wildman–Crippen LogP) is 6.33. The van der Waals surface area contributed by atoms with E-state index >= 15 is 0 Å². The molecule has 0 saturated carbocycles. The lowest BCUT2D eigenvalue weighted by Crippen LogP contribution is -2.21. The van der Waals surface area contributed by atoms with Crippen molar-refractivity contribution in [2.75, 3.05) is 6.54 Å². The van der Waals surface area contributed by atoms with E-state index in [0.29, 0.717) is 6.42 Å². The molecule has 1 N–H and O–H groups in total. The second kappa shape index (κ2) is 9.04. The highest BCUT2D eigenvalue weighted by molar-refractivity contribution is 5.58. The van der Waals surface area contributed by atoms with Crippen molar-refractivity contribution in [3.8, 4) is 0 Å². The molecule has 2 rings (SSSR count). The van der Waals surface area contributed by atoms with Crippen LogP contribution in [0.25, 0.3) is 6.08 Å². The smallest absolute Gasteiger partial charge is 0.310 e. The van der Waals surface area contributed by atoms with Crippen LogP contribution in [0.5, 0.6) is 0 Å². The highest BCUT2D eigenvalue weighted by Crippen LogP contribution is 2.29. The lowest BCUT2D eigenvalue weighted by molar-refractivity contribution is -0.137. The number of halogens is 3. The molecule has 1 atom stereocenters. The Kier molecular flexibility index (Phi) is 7.04. The molecule has 0 heterocycles. The molecule has 4 heteroatoms. The minimum Gasteiger partial charge on any atom is -0.310 e. The maximum atomic E-state index is 12.8. The van der Waals surface area contributed by atoms with Crippen molar-refractivity contribution >= 4 is 6.08 Å². The summed E-state index contributed by atoms with van der Waals surface area (Å²) in [4.78, 5) is 0. The molecular formula is C22H26F3N. The van der Waals surface area contributed by atoms with Gasteiger partial charge in [-0.3, -0.25) is 0 Å². The number of allylic oxidation sites excluding steroid dienone is 1. The van der Waals surface area contributed by atoms with Crippen LogP contribution in [0, 0.1) is 6.92 Å². The van der Waals surface area contributed by atoms with Gasteiger partial charge in [0.2, 0.25) is 0 Å². The van der Waals surface area contributed by atoms with Gasteiger partial charge >= 0.3 is 6.18 Å². The average molecular weight is 361 g/mol. The van der Waals surface area contributed by atoms with Gasteiger partial charge in [0.25, 0.3) is 0 Å². The van der Waals surface area contributed by atoms with Crippen molar-refractivity contribution in [3.63, 3.8) is 0 Å². The number of hydrogen-bond acceptors (Lipinski definition) is 1. The van der Waals surface area contributed by atoms with E-state index in [-0.39, 0.29) is 6.04 Å². The van der Waals surface area contributed by atoms with E-state index in [1.165, 1.54) is 28.8 Å². The molecule has 1 unspecified atom stereocenters. The minimum atomic E-state index is -4.28. The van der Waals surface area contributed by atoms with Gasteiger partial charge in [-0.25, -0.2) is 0 Å². The normalized spacial score (nSPS) is 13.3. The van der Waals surface area contributed by atoms with E-state index in [2.05, 4.69) is 43.4 Å². The highest BCUT2D eigenvalue weighted by Gasteiger charge is 2.30. The van der Waals surface area contributed by atoms with Gasteiger partial charge in [0, 0.05) is 6.04 Å². The minimum absolute atomic E-state index is 0.183. The van der Waals surface area contributed by atoms with Crippen molar-refractivity contribution in [1.29, 1.82) is 0 Å². The standard InChI is InChI=1S/C22H26F3N/c1-4-8-20-16(2)9-5-13-21(20)17(3)26-14-7-11-18-10-6-12-19(15-18)22(23,24)25/h4-6,8-10,12-13,15,17,26H,7,11,14H2,1-3H3/b8-4-. The Morgan fingerprint density at radius 3 is 2.54 bits per heavy atom. The number of aryl methyl sites for hydroxylation is 2. The third-order valence-corrected chi connectivity index (χ3v) is 4.50. The molecule has 1 nitrogen and oxygen atoms in total. The predicted molar refractivity (Wildman–Crippen MR) is 102 cm³/mol. The van der Waals surface area contributed by atoms with Gasteiger partial charge in [-0.15, -0.1) is 0 Å². The molecule has 0 bridgehead atoms. The van der Waals surface area contributed by atoms with Gasteiger partial charge in [0.05, 0.1) is 5.56 Å². The fourth-order valence-corrected chi connectivity index (χ4v) is 3.10. The number of alkyl halides is 3. The summed E-state index contributed by atoms with van der Waals surface area (Å²) >= 11 is 0. The quantitative estimate of drug-likeness (QED) is 0.568. The summed E-state index contributed by atoms with van der Waals surface area (Å²) in [5, 5.41) is 3.48. The van der Waals surface area contributed by atoms with Gasteiger partial charge in [-0.2, -0.15) is 13.2 Å². The Morgan fingerprint density at radius 2 is 1.85 bits per heavy atom.